The predicted molar refractivity (Wildman–Crippen MR) is 94.1 cm³/mol. The lowest BCUT2D eigenvalue weighted by Gasteiger charge is -2.15. The lowest BCUT2D eigenvalue weighted by molar-refractivity contribution is -0.123. The number of carbonyl (C=O) groups excluding carboxylic acids is 3. The first kappa shape index (κ1) is 18.5. The van der Waals surface area contributed by atoms with Gasteiger partial charge in [-0.1, -0.05) is 11.6 Å². The number of primary amides is 1. The van der Waals surface area contributed by atoms with Crippen LogP contribution in [0, 0.1) is 6.92 Å². The van der Waals surface area contributed by atoms with E-state index >= 15 is 0 Å². The fourth-order valence-electron chi connectivity index (χ4n) is 2.07. The van der Waals surface area contributed by atoms with Crippen LogP contribution in [0.5, 0.6) is 5.75 Å². The van der Waals surface area contributed by atoms with E-state index in [1.54, 1.807) is 23.6 Å². The minimum atomic E-state index is -1.07. The van der Waals surface area contributed by atoms with Gasteiger partial charge >= 0.3 is 5.97 Å². The quantitative estimate of drug-likeness (QED) is 0.767. The number of nitrogens with one attached hydrogen (secondary N) is 1. The van der Waals surface area contributed by atoms with Crippen molar-refractivity contribution in [3.05, 3.63) is 46.3 Å². The third-order valence-corrected chi connectivity index (χ3v) is 4.23. The molecule has 0 bridgehead atoms. The first-order valence-electron chi connectivity index (χ1n) is 7.37. The molecule has 0 radical (unpaired) electrons. The molecule has 25 heavy (non-hydrogen) atoms. The van der Waals surface area contributed by atoms with Gasteiger partial charge in [0.1, 0.15) is 16.3 Å². The molecule has 0 aliphatic rings. The Hall–Kier alpha value is -2.87. The average Bonchev–Trinajstić information content (AvgIpc) is 3.03. The van der Waals surface area contributed by atoms with Crippen molar-refractivity contribution in [3.8, 4) is 5.75 Å². The number of hydrogen-bond acceptors (Lipinski definition) is 6. The van der Waals surface area contributed by atoms with Gasteiger partial charge in [0.25, 0.3) is 11.8 Å². The number of carbonyl (C=O) groups is 3. The highest BCUT2D eigenvalue weighted by Crippen LogP contribution is 2.24. The zero-order valence-electron chi connectivity index (χ0n) is 14.0. The van der Waals surface area contributed by atoms with Crippen LogP contribution in [0.3, 0.4) is 0 Å². The maximum Gasteiger partial charge on any atom is 0.342 e. The van der Waals surface area contributed by atoms with E-state index in [1.807, 2.05) is 6.92 Å². The third-order valence-electron chi connectivity index (χ3n) is 3.40. The van der Waals surface area contributed by atoms with Crippen molar-refractivity contribution in [2.24, 2.45) is 5.73 Å². The van der Waals surface area contributed by atoms with Crippen molar-refractivity contribution < 1.29 is 23.9 Å². The van der Waals surface area contributed by atoms with E-state index < -0.39 is 23.9 Å². The van der Waals surface area contributed by atoms with E-state index in [2.05, 4.69) is 5.32 Å². The molecule has 0 saturated carbocycles. The van der Waals surface area contributed by atoms with Crippen LogP contribution < -0.4 is 15.8 Å². The minimum absolute atomic E-state index is 0.206. The molecule has 0 unspecified atom stereocenters. The SMILES string of the molecule is COc1ccc(C)cc1C(=O)O[C@@H](C)C(=O)Nc1sccc1C(N)=O. The number of benzene rings is 1. The predicted octanol–water partition coefficient (Wildman–Crippen LogP) is 2.35. The Kier molecular flexibility index (Phi) is 5.76. The molecule has 0 aliphatic carbocycles. The average molecular weight is 362 g/mol. The highest BCUT2D eigenvalue weighted by Gasteiger charge is 2.23. The Morgan fingerprint density at radius 2 is 1.92 bits per heavy atom. The number of esters is 1. The number of methoxy groups -OCH3 is 1. The summed E-state index contributed by atoms with van der Waals surface area (Å²) in [5.41, 5.74) is 6.53. The molecule has 0 aliphatic heterocycles. The molecule has 1 heterocycles. The Morgan fingerprint density at radius 1 is 1.20 bits per heavy atom. The van der Waals surface area contributed by atoms with Crippen LogP contribution in [-0.4, -0.2) is 31.0 Å². The van der Waals surface area contributed by atoms with E-state index in [0.29, 0.717) is 10.8 Å². The Bertz CT molecular complexity index is 815. The van der Waals surface area contributed by atoms with Crippen LogP contribution in [-0.2, 0) is 9.53 Å². The molecule has 1 aromatic carbocycles. The van der Waals surface area contributed by atoms with E-state index in [-0.39, 0.29) is 11.1 Å². The summed E-state index contributed by atoms with van der Waals surface area (Å²) in [5, 5.41) is 4.48. The summed E-state index contributed by atoms with van der Waals surface area (Å²) in [6.45, 7) is 3.27. The highest BCUT2D eigenvalue weighted by molar-refractivity contribution is 7.14. The van der Waals surface area contributed by atoms with Crippen LogP contribution in [0.15, 0.2) is 29.6 Å². The van der Waals surface area contributed by atoms with Crippen LogP contribution in [0.4, 0.5) is 5.00 Å². The smallest absolute Gasteiger partial charge is 0.342 e. The van der Waals surface area contributed by atoms with Crippen molar-refractivity contribution in [2.75, 3.05) is 12.4 Å². The molecule has 132 valence electrons. The minimum Gasteiger partial charge on any atom is -0.496 e. The maximum atomic E-state index is 12.3. The van der Waals surface area contributed by atoms with Gasteiger partial charge in [0.05, 0.1) is 12.7 Å². The monoisotopic (exact) mass is 362 g/mol. The van der Waals surface area contributed by atoms with Crippen molar-refractivity contribution in [2.45, 2.75) is 20.0 Å². The van der Waals surface area contributed by atoms with Gasteiger partial charge in [-0.25, -0.2) is 4.79 Å². The standard InChI is InChI=1S/C17H18N2O5S/c1-9-4-5-13(23-3)12(8-9)17(22)24-10(2)15(21)19-16-11(14(18)20)6-7-25-16/h4-8,10H,1-3H3,(H2,18,20)(H,19,21)/t10-/m0/s1. The van der Waals surface area contributed by atoms with Gasteiger partial charge in [0.2, 0.25) is 0 Å². The van der Waals surface area contributed by atoms with Gasteiger partial charge in [-0.05, 0) is 37.4 Å². The van der Waals surface area contributed by atoms with Gasteiger partial charge in [-0.15, -0.1) is 11.3 Å². The summed E-state index contributed by atoms with van der Waals surface area (Å²) in [6, 6.07) is 6.59. The van der Waals surface area contributed by atoms with Crippen molar-refractivity contribution in [1.82, 2.24) is 0 Å². The third kappa shape index (κ3) is 4.36. The molecule has 2 aromatic rings. The molecule has 2 amide bonds. The number of hydrogen-bond donors (Lipinski definition) is 2. The first-order chi connectivity index (χ1) is 11.8. The van der Waals surface area contributed by atoms with Crippen LogP contribution in [0.2, 0.25) is 0 Å². The molecular weight excluding hydrogens is 344 g/mol. The zero-order chi connectivity index (χ0) is 18.6. The first-order valence-corrected chi connectivity index (χ1v) is 8.25. The fraction of sp³-hybridized carbons (Fsp3) is 0.235. The molecular formula is C17H18N2O5S. The molecule has 0 saturated heterocycles. The number of rotatable bonds is 6. The normalized spacial score (nSPS) is 11.5. The molecule has 0 fully saturated rings. The van der Waals surface area contributed by atoms with E-state index in [0.717, 1.165) is 16.9 Å². The summed E-state index contributed by atoms with van der Waals surface area (Å²) in [7, 11) is 1.44. The number of nitrogens with two attached hydrogens (primary N) is 1. The molecule has 8 heteroatoms. The summed E-state index contributed by atoms with van der Waals surface area (Å²) < 4.78 is 10.3. The largest absolute Gasteiger partial charge is 0.496 e. The van der Waals surface area contributed by atoms with Gasteiger partial charge in [0.15, 0.2) is 6.10 Å². The van der Waals surface area contributed by atoms with E-state index in [1.165, 1.54) is 20.1 Å². The maximum absolute atomic E-state index is 12.3. The molecule has 3 N–H and O–H groups in total. The van der Waals surface area contributed by atoms with Crippen molar-refractivity contribution >= 4 is 34.1 Å². The van der Waals surface area contributed by atoms with Crippen LogP contribution >= 0.6 is 11.3 Å². The number of aryl methyl sites for hydroxylation is 1. The number of anilines is 1. The van der Waals surface area contributed by atoms with E-state index in [9.17, 15) is 14.4 Å². The Balaban J connectivity index is 2.08. The van der Waals surface area contributed by atoms with Crippen LogP contribution in [0.1, 0.15) is 33.2 Å². The van der Waals surface area contributed by atoms with Gasteiger partial charge in [-0.3, -0.25) is 9.59 Å². The zero-order valence-corrected chi connectivity index (χ0v) is 14.8. The topological polar surface area (TPSA) is 108 Å². The lowest BCUT2D eigenvalue weighted by atomic mass is 10.1. The molecule has 2 rings (SSSR count). The summed E-state index contributed by atoms with van der Waals surface area (Å²) in [6.07, 6.45) is -1.07. The van der Waals surface area contributed by atoms with Gasteiger partial charge < -0.3 is 20.5 Å². The number of amides is 2. The van der Waals surface area contributed by atoms with E-state index in [4.69, 9.17) is 15.2 Å². The molecule has 7 nitrogen and oxygen atoms in total. The van der Waals surface area contributed by atoms with Gasteiger partial charge in [-0.2, -0.15) is 0 Å². The Morgan fingerprint density at radius 3 is 2.56 bits per heavy atom. The summed E-state index contributed by atoms with van der Waals surface area (Å²) in [5.74, 6) is -1.53. The molecule has 1 atom stereocenters. The van der Waals surface area contributed by atoms with Crippen LogP contribution in [0.25, 0.3) is 0 Å². The summed E-state index contributed by atoms with van der Waals surface area (Å²) >= 11 is 1.15. The molecule has 0 spiro atoms. The van der Waals surface area contributed by atoms with Crippen molar-refractivity contribution in [3.63, 3.8) is 0 Å². The second kappa shape index (κ2) is 7.80. The highest BCUT2D eigenvalue weighted by atomic mass is 32.1. The number of ether oxygens (including phenoxy) is 2. The fourth-order valence-corrected chi connectivity index (χ4v) is 2.87. The van der Waals surface area contributed by atoms with Gasteiger partial charge in [0, 0.05) is 0 Å². The van der Waals surface area contributed by atoms with Crippen molar-refractivity contribution in [1.29, 1.82) is 0 Å². The molecule has 1 aromatic heterocycles. The second-order valence-electron chi connectivity index (χ2n) is 5.27. The number of thiophene rings is 1. The second-order valence-corrected chi connectivity index (χ2v) is 6.18. The lowest BCUT2D eigenvalue weighted by Crippen LogP contribution is -2.30. The Labute approximate surface area is 148 Å². The summed E-state index contributed by atoms with van der Waals surface area (Å²) in [4.78, 5) is 35.8.